The van der Waals surface area contributed by atoms with E-state index in [4.69, 9.17) is 5.26 Å². The maximum Gasteiger partial charge on any atom is 0.244 e. The van der Waals surface area contributed by atoms with Crippen LogP contribution >= 0.6 is 11.8 Å². The van der Waals surface area contributed by atoms with E-state index >= 15 is 0 Å². The van der Waals surface area contributed by atoms with Crippen LogP contribution in [0.5, 0.6) is 0 Å². The fraction of sp³-hybridized carbons (Fsp3) is 0.333. The van der Waals surface area contributed by atoms with Crippen molar-refractivity contribution in [2.24, 2.45) is 5.41 Å². The van der Waals surface area contributed by atoms with Gasteiger partial charge in [0.1, 0.15) is 12.6 Å². The molecule has 1 aliphatic heterocycles. The number of para-hydroxylation sites is 1. The summed E-state index contributed by atoms with van der Waals surface area (Å²) in [6, 6.07) is 8.63. The number of thioether (sulfide) groups is 1. The number of nitriles is 1. The summed E-state index contributed by atoms with van der Waals surface area (Å²) in [4.78, 5) is 37.8. The summed E-state index contributed by atoms with van der Waals surface area (Å²) in [5.41, 5.74) is 0.182. The number of hydrogen-bond acceptors (Lipinski definition) is 5. The molecule has 2 rings (SSSR count). The number of rotatable bonds is 4. The van der Waals surface area contributed by atoms with Gasteiger partial charge in [-0.15, -0.1) is 0 Å². The quantitative estimate of drug-likeness (QED) is 0.836. The molecule has 7 heteroatoms. The van der Waals surface area contributed by atoms with Gasteiger partial charge in [0.05, 0.1) is 22.0 Å². The summed E-state index contributed by atoms with van der Waals surface area (Å²) >= 11 is 1.24. The number of allylic oxidation sites excluding steroid dienone is 1. The van der Waals surface area contributed by atoms with E-state index in [1.807, 2.05) is 6.07 Å². The van der Waals surface area contributed by atoms with E-state index in [1.54, 1.807) is 45.0 Å². The molecule has 0 saturated carbocycles. The molecule has 1 aromatic carbocycles. The molecule has 130 valence electrons. The predicted octanol–water partition coefficient (Wildman–Crippen LogP) is 2.53. The van der Waals surface area contributed by atoms with Crippen molar-refractivity contribution in [3.05, 3.63) is 40.9 Å². The van der Waals surface area contributed by atoms with Crippen molar-refractivity contribution in [1.29, 1.82) is 5.26 Å². The van der Waals surface area contributed by atoms with Gasteiger partial charge in [-0.1, -0.05) is 44.7 Å². The first-order valence-corrected chi connectivity index (χ1v) is 8.69. The minimum Gasteiger partial charge on any atom is -0.323 e. The molecular formula is C18H19N3O3S. The third-order valence-corrected chi connectivity index (χ3v) is 4.55. The van der Waals surface area contributed by atoms with Crippen LogP contribution in [0.25, 0.3) is 0 Å². The Hall–Kier alpha value is -2.59. The second-order valence-corrected chi connectivity index (χ2v) is 7.57. The molecule has 2 amide bonds. The van der Waals surface area contributed by atoms with Gasteiger partial charge in [-0.25, -0.2) is 0 Å². The Labute approximate surface area is 150 Å². The number of ketones is 1. The van der Waals surface area contributed by atoms with Crippen LogP contribution in [0.3, 0.4) is 0 Å². The monoisotopic (exact) mass is 357 g/mol. The lowest BCUT2D eigenvalue weighted by molar-refractivity contribution is -0.129. The van der Waals surface area contributed by atoms with Crippen molar-refractivity contribution in [3.63, 3.8) is 0 Å². The van der Waals surface area contributed by atoms with Crippen LogP contribution < -0.4 is 5.32 Å². The Balaban J connectivity index is 2.13. The van der Waals surface area contributed by atoms with Crippen LogP contribution in [0, 0.1) is 16.7 Å². The number of carbonyl (C=O) groups is 3. The molecule has 1 aromatic rings. The molecule has 6 nitrogen and oxygen atoms in total. The van der Waals surface area contributed by atoms with E-state index in [-0.39, 0.29) is 24.0 Å². The normalized spacial score (nSPS) is 16.0. The number of carbonyl (C=O) groups excluding carboxylic acids is 3. The van der Waals surface area contributed by atoms with Crippen LogP contribution in [0.1, 0.15) is 26.3 Å². The number of hydrogen-bond donors (Lipinski definition) is 1. The molecular weight excluding hydrogens is 338 g/mol. The van der Waals surface area contributed by atoms with Gasteiger partial charge < -0.3 is 5.32 Å². The highest BCUT2D eigenvalue weighted by Crippen LogP contribution is 2.30. The molecule has 0 aliphatic carbocycles. The smallest absolute Gasteiger partial charge is 0.244 e. The zero-order valence-electron chi connectivity index (χ0n) is 14.3. The zero-order valence-corrected chi connectivity index (χ0v) is 15.1. The lowest BCUT2D eigenvalue weighted by atomic mass is 9.91. The topological polar surface area (TPSA) is 90.3 Å². The van der Waals surface area contributed by atoms with Crippen molar-refractivity contribution in [2.75, 3.05) is 17.6 Å². The summed E-state index contributed by atoms with van der Waals surface area (Å²) < 4.78 is 0. The van der Waals surface area contributed by atoms with Crippen molar-refractivity contribution in [3.8, 4) is 6.07 Å². The highest BCUT2D eigenvalue weighted by atomic mass is 32.2. The zero-order chi connectivity index (χ0) is 18.6. The fourth-order valence-electron chi connectivity index (χ4n) is 2.05. The molecule has 25 heavy (non-hydrogen) atoms. The number of benzene rings is 1. The summed E-state index contributed by atoms with van der Waals surface area (Å²) in [5, 5.41) is 12.2. The molecule has 0 spiro atoms. The molecule has 0 radical (unpaired) electrons. The first-order chi connectivity index (χ1) is 11.7. The summed E-state index contributed by atoms with van der Waals surface area (Å²) in [7, 11) is 0. The molecule has 1 saturated heterocycles. The van der Waals surface area contributed by atoms with Gasteiger partial charge in [-0.3, -0.25) is 19.3 Å². The minimum atomic E-state index is -0.557. The summed E-state index contributed by atoms with van der Waals surface area (Å²) in [6.45, 7) is 5.19. The van der Waals surface area contributed by atoms with Crippen LogP contribution in [0.4, 0.5) is 5.69 Å². The average Bonchev–Trinajstić information content (AvgIpc) is 2.87. The lowest BCUT2D eigenvalue weighted by Crippen LogP contribution is -2.34. The molecule has 0 bridgehead atoms. The summed E-state index contributed by atoms with van der Waals surface area (Å²) in [5.74, 6) is -0.551. The molecule has 0 aromatic heterocycles. The van der Waals surface area contributed by atoms with Gasteiger partial charge in [0, 0.05) is 11.5 Å². The molecule has 0 unspecified atom stereocenters. The Morgan fingerprint density at radius 3 is 2.68 bits per heavy atom. The minimum absolute atomic E-state index is 0.107. The van der Waals surface area contributed by atoms with Crippen molar-refractivity contribution in [2.45, 2.75) is 20.8 Å². The van der Waals surface area contributed by atoms with Crippen LogP contribution in [-0.2, 0) is 14.4 Å². The Bertz CT molecular complexity index is 787. The summed E-state index contributed by atoms with van der Waals surface area (Å²) in [6.07, 6.45) is 1.42. The maximum atomic E-state index is 12.3. The van der Waals surface area contributed by atoms with Crippen molar-refractivity contribution in [1.82, 2.24) is 4.90 Å². The molecule has 1 aliphatic rings. The van der Waals surface area contributed by atoms with Gasteiger partial charge in [-0.2, -0.15) is 5.26 Å². The Kier molecular flexibility index (Phi) is 5.65. The lowest BCUT2D eigenvalue weighted by Gasteiger charge is -2.19. The number of amides is 2. The van der Waals surface area contributed by atoms with Crippen molar-refractivity contribution >= 4 is 35.0 Å². The number of anilines is 1. The second kappa shape index (κ2) is 7.53. The molecule has 1 fully saturated rings. The van der Waals surface area contributed by atoms with E-state index in [9.17, 15) is 14.4 Å². The third-order valence-electron chi connectivity index (χ3n) is 3.53. The van der Waals surface area contributed by atoms with Gasteiger partial charge in [0.15, 0.2) is 5.78 Å². The first kappa shape index (κ1) is 18.7. The van der Waals surface area contributed by atoms with E-state index in [2.05, 4.69) is 5.32 Å². The van der Waals surface area contributed by atoms with Gasteiger partial charge in [0.2, 0.25) is 11.8 Å². The van der Waals surface area contributed by atoms with Gasteiger partial charge in [0.25, 0.3) is 0 Å². The first-order valence-electron chi connectivity index (χ1n) is 7.70. The van der Waals surface area contributed by atoms with Gasteiger partial charge in [-0.05, 0) is 12.1 Å². The number of nitrogens with one attached hydrogen (secondary N) is 1. The van der Waals surface area contributed by atoms with Gasteiger partial charge >= 0.3 is 0 Å². The Morgan fingerprint density at radius 2 is 2.04 bits per heavy atom. The molecule has 1 N–H and O–H groups in total. The SMILES string of the molecule is CC(C)(C)C(=O)/C=C1\SCC(=O)N1CC(=O)Nc1ccccc1C#N. The largest absolute Gasteiger partial charge is 0.323 e. The van der Waals surface area contributed by atoms with Crippen LogP contribution in [0.2, 0.25) is 0 Å². The average molecular weight is 357 g/mol. The molecule has 0 atom stereocenters. The Morgan fingerprint density at radius 1 is 1.36 bits per heavy atom. The highest BCUT2D eigenvalue weighted by molar-refractivity contribution is 8.04. The van der Waals surface area contributed by atoms with E-state index in [0.29, 0.717) is 16.3 Å². The maximum absolute atomic E-state index is 12.3. The third kappa shape index (κ3) is 4.70. The highest BCUT2D eigenvalue weighted by Gasteiger charge is 2.30. The number of nitrogens with zero attached hydrogens (tertiary/aromatic N) is 2. The standard InChI is InChI=1S/C18H19N3O3S/c1-18(2,3)14(22)8-17-21(16(24)11-25-17)10-15(23)20-13-7-5-4-6-12(13)9-19/h4-8H,10-11H2,1-3H3,(H,20,23)/b17-8-. The fourth-order valence-corrected chi connectivity index (χ4v) is 2.99. The van der Waals surface area contributed by atoms with E-state index < -0.39 is 11.3 Å². The molecule has 1 heterocycles. The van der Waals surface area contributed by atoms with E-state index in [0.717, 1.165) is 0 Å². The van der Waals surface area contributed by atoms with Crippen LogP contribution in [-0.4, -0.2) is 34.8 Å². The van der Waals surface area contributed by atoms with Crippen molar-refractivity contribution < 1.29 is 14.4 Å². The predicted molar refractivity (Wildman–Crippen MR) is 96.5 cm³/mol. The second-order valence-electron chi connectivity index (χ2n) is 6.57. The van der Waals surface area contributed by atoms with Crippen LogP contribution in [0.15, 0.2) is 35.4 Å². The van der Waals surface area contributed by atoms with E-state index in [1.165, 1.54) is 22.7 Å².